The summed E-state index contributed by atoms with van der Waals surface area (Å²) in [5.74, 6) is -2.62. The van der Waals surface area contributed by atoms with Crippen molar-refractivity contribution >= 4 is 23.4 Å². The van der Waals surface area contributed by atoms with E-state index in [9.17, 15) is 14.7 Å². The number of carbonyl (C=O) groups is 2. The molecule has 0 aromatic heterocycles. The fraction of sp³-hybridized carbons (Fsp3) is 0.286. The number of carbonyl (C=O) groups excluding carboxylic acids is 1. The number of ether oxygens (including phenoxy) is 2. The molecule has 5 nitrogen and oxygen atoms in total. The van der Waals surface area contributed by atoms with Gasteiger partial charge in [0.25, 0.3) is 0 Å². The van der Waals surface area contributed by atoms with Crippen LogP contribution in [0.1, 0.15) is 28.8 Å². The number of rotatable bonds is 10. The van der Waals surface area contributed by atoms with E-state index in [4.69, 9.17) is 21.1 Å². The minimum Gasteiger partial charge on any atom is -0.481 e. The maximum atomic E-state index is 13.2. The molecular formula is C28H27ClO5. The summed E-state index contributed by atoms with van der Waals surface area (Å²) in [4.78, 5) is 25.2. The normalized spacial score (nSPS) is 19.7. The van der Waals surface area contributed by atoms with E-state index in [0.29, 0.717) is 30.0 Å². The van der Waals surface area contributed by atoms with Crippen molar-refractivity contribution in [2.45, 2.75) is 19.4 Å². The van der Waals surface area contributed by atoms with Gasteiger partial charge < -0.3 is 14.6 Å². The molecule has 1 fully saturated rings. The highest BCUT2D eigenvalue weighted by molar-refractivity contribution is 6.30. The smallest absolute Gasteiger partial charge is 0.307 e. The maximum Gasteiger partial charge on any atom is 0.307 e. The van der Waals surface area contributed by atoms with E-state index in [-0.39, 0.29) is 25.1 Å². The van der Waals surface area contributed by atoms with Crippen LogP contribution in [0.5, 0.6) is 0 Å². The number of carboxylic acid groups (broad SMARTS) is 1. The van der Waals surface area contributed by atoms with E-state index in [1.54, 1.807) is 12.1 Å². The third kappa shape index (κ3) is 5.92. The van der Waals surface area contributed by atoms with E-state index in [1.165, 1.54) is 0 Å². The number of hydrogen-bond acceptors (Lipinski definition) is 4. The van der Waals surface area contributed by atoms with Crippen molar-refractivity contribution in [3.8, 4) is 11.1 Å². The average molecular weight is 479 g/mol. The standard InChI is InChI=1S/C28H27ClO5/c29-24-13-10-21(11-14-24)20-6-8-22(9-7-20)27(30)25-15-12-23(26(25)28(31)32)17-34-18-33-16-19-4-2-1-3-5-19/h1-11,13-14,23,25-26H,12,15-18H2,(H,31,32)/t23-,25?,26?/m0/s1. The van der Waals surface area contributed by atoms with Crippen molar-refractivity contribution < 1.29 is 24.2 Å². The van der Waals surface area contributed by atoms with Crippen molar-refractivity contribution in [3.05, 3.63) is 95.0 Å². The molecule has 0 aliphatic heterocycles. The van der Waals surface area contributed by atoms with Gasteiger partial charge in [-0.15, -0.1) is 0 Å². The van der Waals surface area contributed by atoms with Gasteiger partial charge in [0.15, 0.2) is 5.78 Å². The first-order chi connectivity index (χ1) is 16.5. The fourth-order valence-corrected chi connectivity index (χ4v) is 4.74. The highest BCUT2D eigenvalue weighted by Gasteiger charge is 2.44. The summed E-state index contributed by atoms with van der Waals surface area (Å²) < 4.78 is 11.1. The van der Waals surface area contributed by atoms with Crippen LogP contribution in [0.4, 0.5) is 0 Å². The van der Waals surface area contributed by atoms with Crippen molar-refractivity contribution in [3.63, 3.8) is 0 Å². The molecule has 0 spiro atoms. The Morgan fingerprint density at radius 2 is 1.50 bits per heavy atom. The van der Waals surface area contributed by atoms with Gasteiger partial charge in [0.05, 0.1) is 19.1 Å². The van der Waals surface area contributed by atoms with E-state index in [2.05, 4.69) is 0 Å². The topological polar surface area (TPSA) is 72.8 Å². The van der Waals surface area contributed by atoms with E-state index >= 15 is 0 Å². The SMILES string of the molecule is O=C(c1ccc(-c2ccc(Cl)cc2)cc1)C1CC[C@@H](COCOCc2ccccc2)C1C(=O)O. The molecule has 1 aliphatic rings. The van der Waals surface area contributed by atoms with Crippen molar-refractivity contribution in [2.24, 2.45) is 17.8 Å². The van der Waals surface area contributed by atoms with E-state index < -0.39 is 17.8 Å². The highest BCUT2D eigenvalue weighted by Crippen LogP contribution is 2.39. The van der Waals surface area contributed by atoms with Gasteiger partial charge in [-0.25, -0.2) is 0 Å². The molecule has 176 valence electrons. The lowest BCUT2D eigenvalue weighted by molar-refractivity contribution is -0.146. The van der Waals surface area contributed by atoms with Crippen LogP contribution in [-0.4, -0.2) is 30.3 Å². The number of carboxylic acids is 1. The first kappa shape index (κ1) is 24.1. The molecule has 3 aromatic carbocycles. The summed E-state index contributed by atoms with van der Waals surface area (Å²) in [5.41, 5.74) is 3.54. The van der Waals surface area contributed by atoms with Crippen LogP contribution in [0, 0.1) is 17.8 Å². The number of ketones is 1. The van der Waals surface area contributed by atoms with E-state index in [0.717, 1.165) is 16.7 Å². The summed E-state index contributed by atoms with van der Waals surface area (Å²) in [6, 6.07) is 24.5. The van der Waals surface area contributed by atoms with Gasteiger partial charge in [0, 0.05) is 16.5 Å². The molecule has 2 unspecified atom stereocenters. The maximum absolute atomic E-state index is 13.2. The van der Waals surface area contributed by atoms with E-state index in [1.807, 2.05) is 66.7 Å². The van der Waals surface area contributed by atoms with Crippen LogP contribution in [0.25, 0.3) is 11.1 Å². The predicted octanol–water partition coefficient (Wildman–Crippen LogP) is 6.11. The molecule has 6 heteroatoms. The third-order valence-corrected chi connectivity index (χ3v) is 6.62. The van der Waals surface area contributed by atoms with Crippen molar-refractivity contribution in [1.29, 1.82) is 0 Å². The number of halogens is 1. The second-order valence-corrected chi connectivity index (χ2v) is 9.02. The van der Waals surface area contributed by atoms with Crippen LogP contribution < -0.4 is 0 Å². The van der Waals surface area contributed by atoms with Crippen LogP contribution in [0.3, 0.4) is 0 Å². The quantitative estimate of drug-likeness (QED) is 0.216. The zero-order chi connectivity index (χ0) is 23.9. The molecule has 3 aromatic rings. The van der Waals surface area contributed by atoms with Crippen LogP contribution >= 0.6 is 11.6 Å². The van der Waals surface area contributed by atoms with Gasteiger partial charge in [0.2, 0.25) is 0 Å². The second kappa shape index (κ2) is 11.4. The molecule has 0 radical (unpaired) electrons. The Bertz CT molecular complexity index is 1100. The molecule has 1 saturated carbocycles. The first-order valence-electron chi connectivity index (χ1n) is 11.4. The van der Waals surface area contributed by atoms with Crippen LogP contribution in [0.15, 0.2) is 78.9 Å². The number of hydrogen-bond donors (Lipinski definition) is 1. The monoisotopic (exact) mass is 478 g/mol. The molecule has 34 heavy (non-hydrogen) atoms. The lowest BCUT2D eigenvalue weighted by Crippen LogP contribution is -2.31. The third-order valence-electron chi connectivity index (χ3n) is 6.37. The summed E-state index contributed by atoms with van der Waals surface area (Å²) in [7, 11) is 0. The Kier molecular flexibility index (Phi) is 8.12. The molecule has 0 saturated heterocycles. The minimum atomic E-state index is -0.951. The number of benzene rings is 3. The zero-order valence-electron chi connectivity index (χ0n) is 18.7. The van der Waals surface area contributed by atoms with Crippen molar-refractivity contribution in [2.75, 3.05) is 13.4 Å². The Morgan fingerprint density at radius 1 is 0.853 bits per heavy atom. The first-order valence-corrected chi connectivity index (χ1v) is 11.7. The van der Waals surface area contributed by atoms with Crippen LogP contribution in [0.2, 0.25) is 5.02 Å². The lowest BCUT2D eigenvalue weighted by atomic mass is 9.84. The number of aliphatic carboxylic acids is 1. The number of Topliss-reactive ketones (excluding diaryl/α,β-unsaturated/α-hetero) is 1. The van der Waals surface area contributed by atoms with Gasteiger partial charge in [-0.2, -0.15) is 0 Å². The molecule has 0 amide bonds. The van der Waals surface area contributed by atoms with Gasteiger partial charge in [-0.1, -0.05) is 78.3 Å². The Hall–Kier alpha value is -2.99. The molecule has 0 heterocycles. The lowest BCUT2D eigenvalue weighted by Gasteiger charge is -2.20. The zero-order valence-corrected chi connectivity index (χ0v) is 19.5. The van der Waals surface area contributed by atoms with Gasteiger partial charge in [-0.05, 0) is 47.6 Å². The summed E-state index contributed by atoms with van der Waals surface area (Å²) in [5, 5.41) is 10.5. The van der Waals surface area contributed by atoms with Gasteiger partial charge in [-0.3, -0.25) is 9.59 Å². The van der Waals surface area contributed by atoms with Crippen LogP contribution in [-0.2, 0) is 20.9 Å². The fourth-order valence-electron chi connectivity index (χ4n) is 4.61. The summed E-state index contributed by atoms with van der Waals surface area (Å²) in [6.45, 7) is 0.772. The predicted molar refractivity (Wildman–Crippen MR) is 131 cm³/mol. The second-order valence-electron chi connectivity index (χ2n) is 8.58. The molecular weight excluding hydrogens is 452 g/mol. The summed E-state index contributed by atoms with van der Waals surface area (Å²) in [6.07, 6.45) is 1.17. The molecule has 1 N–H and O–H groups in total. The summed E-state index contributed by atoms with van der Waals surface area (Å²) >= 11 is 5.95. The van der Waals surface area contributed by atoms with Gasteiger partial charge in [0.1, 0.15) is 6.79 Å². The largest absolute Gasteiger partial charge is 0.481 e. The minimum absolute atomic E-state index is 0.0858. The molecule has 1 aliphatic carbocycles. The van der Waals surface area contributed by atoms with Gasteiger partial charge >= 0.3 is 5.97 Å². The highest BCUT2D eigenvalue weighted by atomic mass is 35.5. The Morgan fingerprint density at radius 3 is 2.15 bits per heavy atom. The average Bonchev–Trinajstić information content (AvgIpc) is 3.29. The Labute approximate surface area is 204 Å². The molecule has 3 atom stereocenters. The Balaban J connectivity index is 1.33. The van der Waals surface area contributed by atoms with Crippen molar-refractivity contribution in [1.82, 2.24) is 0 Å². The molecule has 4 rings (SSSR count). The molecule has 0 bridgehead atoms.